The van der Waals surface area contributed by atoms with Crippen molar-refractivity contribution in [2.45, 2.75) is 31.8 Å². The number of fused-ring (bicyclic) bond motifs is 1. The van der Waals surface area contributed by atoms with Gasteiger partial charge in [0.15, 0.2) is 0 Å². The first kappa shape index (κ1) is 17.3. The smallest absolute Gasteiger partial charge is 0.374 e. The van der Waals surface area contributed by atoms with Gasteiger partial charge in [-0.2, -0.15) is 0 Å². The fraction of sp³-hybridized carbons (Fsp3) is 0.273. The van der Waals surface area contributed by atoms with Gasteiger partial charge in [0.05, 0.1) is 17.6 Å². The van der Waals surface area contributed by atoms with Crippen LogP contribution >= 0.6 is 0 Å². The minimum Gasteiger partial charge on any atom is -0.460 e. The lowest BCUT2D eigenvalue weighted by atomic mass is 9.96. The molecule has 4 rings (SSSR count). The second-order valence-electron chi connectivity index (χ2n) is 6.65. The van der Waals surface area contributed by atoms with Gasteiger partial charge in [-0.05, 0) is 31.4 Å². The number of carbonyl (C=O) groups is 2. The van der Waals surface area contributed by atoms with Gasteiger partial charge in [-0.3, -0.25) is 4.79 Å². The second-order valence-corrected chi connectivity index (χ2v) is 6.65. The zero-order chi connectivity index (χ0) is 18.9. The van der Waals surface area contributed by atoms with E-state index in [0.29, 0.717) is 11.1 Å². The molecule has 1 aliphatic rings. The third-order valence-corrected chi connectivity index (χ3v) is 4.97. The number of esters is 2. The van der Waals surface area contributed by atoms with E-state index in [4.69, 9.17) is 13.9 Å². The van der Waals surface area contributed by atoms with E-state index in [1.54, 1.807) is 13.0 Å². The van der Waals surface area contributed by atoms with E-state index < -0.39 is 11.4 Å². The van der Waals surface area contributed by atoms with Crippen LogP contribution < -0.4 is 0 Å². The van der Waals surface area contributed by atoms with Crippen LogP contribution in [0.2, 0.25) is 0 Å². The summed E-state index contributed by atoms with van der Waals surface area (Å²) < 4.78 is 16.4. The Morgan fingerprint density at radius 1 is 1.00 bits per heavy atom. The second kappa shape index (κ2) is 6.91. The van der Waals surface area contributed by atoms with E-state index in [1.165, 1.54) is 0 Å². The summed E-state index contributed by atoms with van der Waals surface area (Å²) in [6.07, 6.45) is 1.54. The van der Waals surface area contributed by atoms with Crippen LogP contribution in [0.25, 0.3) is 11.0 Å². The van der Waals surface area contributed by atoms with E-state index >= 15 is 0 Å². The number of rotatable bonds is 6. The van der Waals surface area contributed by atoms with E-state index in [9.17, 15) is 9.59 Å². The molecule has 138 valence electrons. The number of benzene rings is 2. The van der Waals surface area contributed by atoms with Crippen molar-refractivity contribution in [2.24, 2.45) is 0 Å². The fourth-order valence-electron chi connectivity index (χ4n) is 3.37. The summed E-state index contributed by atoms with van der Waals surface area (Å²) in [5.74, 6) is -0.729. The lowest BCUT2D eigenvalue weighted by molar-refractivity contribution is -0.148. The predicted octanol–water partition coefficient (Wildman–Crippen LogP) is 4.38. The van der Waals surface area contributed by atoms with Crippen molar-refractivity contribution in [1.29, 1.82) is 0 Å². The van der Waals surface area contributed by atoms with Gasteiger partial charge in [0.2, 0.25) is 5.76 Å². The van der Waals surface area contributed by atoms with Gasteiger partial charge in [0.1, 0.15) is 12.2 Å². The molecule has 1 aliphatic carbocycles. The molecule has 0 atom stereocenters. The molecule has 1 heterocycles. The number of carbonyl (C=O) groups excluding carboxylic acids is 2. The summed E-state index contributed by atoms with van der Waals surface area (Å²) in [5, 5.41) is 0.748. The van der Waals surface area contributed by atoms with E-state index in [2.05, 4.69) is 0 Å². The van der Waals surface area contributed by atoms with Gasteiger partial charge in [-0.1, -0.05) is 48.5 Å². The van der Waals surface area contributed by atoms with Crippen LogP contribution in [0.15, 0.2) is 59.0 Å². The van der Waals surface area contributed by atoms with Crippen molar-refractivity contribution in [3.63, 3.8) is 0 Å². The first-order valence-corrected chi connectivity index (χ1v) is 9.06. The Labute approximate surface area is 156 Å². The molecular formula is C22H20O5. The van der Waals surface area contributed by atoms with Crippen molar-refractivity contribution in [1.82, 2.24) is 0 Å². The summed E-state index contributed by atoms with van der Waals surface area (Å²) in [6, 6.07) is 17.0. The molecule has 27 heavy (non-hydrogen) atoms. The van der Waals surface area contributed by atoms with Crippen LogP contribution in [0.5, 0.6) is 0 Å². The van der Waals surface area contributed by atoms with E-state index in [1.807, 2.05) is 48.5 Å². The Balaban J connectivity index is 1.59. The van der Waals surface area contributed by atoms with Crippen molar-refractivity contribution in [3.8, 4) is 0 Å². The predicted molar refractivity (Wildman–Crippen MR) is 99.3 cm³/mol. The van der Waals surface area contributed by atoms with E-state index in [0.717, 1.165) is 23.8 Å². The SMILES string of the molecule is CCOC(=O)c1oc2ccccc2c1COC(=O)C1(c2ccccc2)CC1. The molecule has 3 aromatic rings. The lowest BCUT2D eigenvalue weighted by Crippen LogP contribution is -2.23. The van der Waals surface area contributed by atoms with Gasteiger partial charge in [0.25, 0.3) is 0 Å². The average molecular weight is 364 g/mol. The third kappa shape index (κ3) is 3.10. The molecule has 0 spiro atoms. The molecule has 0 saturated heterocycles. The van der Waals surface area contributed by atoms with Crippen molar-refractivity contribution in [2.75, 3.05) is 6.61 Å². The van der Waals surface area contributed by atoms with Gasteiger partial charge >= 0.3 is 11.9 Å². The number of para-hydroxylation sites is 1. The summed E-state index contributed by atoms with van der Waals surface area (Å²) in [6.45, 7) is 1.95. The molecule has 1 fully saturated rings. The van der Waals surface area contributed by atoms with Crippen LogP contribution in [0.3, 0.4) is 0 Å². The number of ether oxygens (including phenoxy) is 2. The zero-order valence-electron chi connectivity index (χ0n) is 15.1. The number of hydrogen-bond donors (Lipinski definition) is 0. The quantitative estimate of drug-likeness (QED) is 0.607. The molecule has 0 aliphatic heterocycles. The highest BCUT2D eigenvalue weighted by atomic mass is 16.5. The van der Waals surface area contributed by atoms with Crippen LogP contribution in [0.1, 0.15) is 41.4 Å². The summed E-state index contributed by atoms with van der Waals surface area (Å²) in [5.41, 5.74) is 1.51. The molecule has 0 amide bonds. The van der Waals surface area contributed by atoms with Crippen molar-refractivity contribution >= 4 is 22.9 Å². The molecule has 0 radical (unpaired) electrons. The molecule has 1 saturated carbocycles. The van der Waals surface area contributed by atoms with Gasteiger partial charge in [-0.15, -0.1) is 0 Å². The highest BCUT2D eigenvalue weighted by molar-refractivity contribution is 5.96. The van der Waals surface area contributed by atoms with Crippen molar-refractivity contribution < 1.29 is 23.5 Å². The van der Waals surface area contributed by atoms with Crippen LogP contribution in [-0.4, -0.2) is 18.5 Å². The van der Waals surface area contributed by atoms with Crippen LogP contribution in [0, 0.1) is 0 Å². The highest BCUT2D eigenvalue weighted by Gasteiger charge is 2.52. The molecule has 5 heteroatoms. The number of furan rings is 1. The highest BCUT2D eigenvalue weighted by Crippen LogP contribution is 2.49. The normalized spacial score (nSPS) is 14.7. The topological polar surface area (TPSA) is 65.7 Å². The Hall–Kier alpha value is -3.08. The zero-order valence-corrected chi connectivity index (χ0v) is 15.1. The molecule has 5 nitrogen and oxygen atoms in total. The first-order chi connectivity index (χ1) is 13.2. The standard InChI is InChI=1S/C22H20O5/c1-2-25-20(23)19-17(16-10-6-7-11-18(16)27-19)14-26-21(24)22(12-13-22)15-8-4-3-5-9-15/h3-11H,2,12-14H2,1H3. The number of hydrogen-bond acceptors (Lipinski definition) is 5. The maximum Gasteiger partial charge on any atom is 0.374 e. The van der Waals surface area contributed by atoms with Gasteiger partial charge in [-0.25, -0.2) is 4.79 Å². The molecule has 0 bridgehead atoms. The minimum atomic E-state index is -0.565. The molecule has 0 N–H and O–H groups in total. The Bertz CT molecular complexity index is 982. The van der Waals surface area contributed by atoms with Crippen molar-refractivity contribution in [3.05, 3.63) is 71.5 Å². The van der Waals surface area contributed by atoms with Crippen LogP contribution in [0.4, 0.5) is 0 Å². The Kier molecular flexibility index (Phi) is 4.44. The largest absolute Gasteiger partial charge is 0.460 e. The fourth-order valence-corrected chi connectivity index (χ4v) is 3.37. The minimum absolute atomic E-state index is 0.0292. The Morgan fingerprint density at radius 3 is 2.41 bits per heavy atom. The monoisotopic (exact) mass is 364 g/mol. The van der Waals surface area contributed by atoms with Gasteiger partial charge < -0.3 is 13.9 Å². The average Bonchev–Trinajstić information content (AvgIpc) is 3.43. The maximum atomic E-state index is 12.8. The summed E-state index contributed by atoms with van der Waals surface area (Å²) in [4.78, 5) is 25.1. The molecule has 0 unspecified atom stereocenters. The summed E-state index contributed by atoms with van der Waals surface area (Å²) >= 11 is 0. The molecule has 2 aromatic carbocycles. The molecule has 1 aromatic heterocycles. The first-order valence-electron chi connectivity index (χ1n) is 9.06. The van der Waals surface area contributed by atoms with Crippen LogP contribution in [-0.2, 0) is 26.3 Å². The molecular weight excluding hydrogens is 344 g/mol. The lowest BCUT2D eigenvalue weighted by Gasteiger charge is -2.15. The van der Waals surface area contributed by atoms with E-state index in [-0.39, 0.29) is 24.9 Å². The maximum absolute atomic E-state index is 12.8. The third-order valence-electron chi connectivity index (χ3n) is 4.97. The Morgan fingerprint density at radius 2 is 1.70 bits per heavy atom. The van der Waals surface area contributed by atoms with Gasteiger partial charge in [0, 0.05) is 5.39 Å². The summed E-state index contributed by atoms with van der Waals surface area (Å²) in [7, 11) is 0.